The van der Waals surface area contributed by atoms with Crippen LogP contribution in [0.1, 0.15) is 30.3 Å². The van der Waals surface area contributed by atoms with Gasteiger partial charge in [0, 0.05) is 17.9 Å². The summed E-state index contributed by atoms with van der Waals surface area (Å²) in [5.74, 6) is 0. The van der Waals surface area contributed by atoms with Gasteiger partial charge in [0.1, 0.15) is 6.04 Å². The lowest BCUT2D eigenvalue weighted by atomic mass is 10.1. The van der Waals surface area contributed by atoms with Crippen molar-refractivity contribution in [1.29, 1.82) is 0 Å². The van der Waals surface area contributed by atoms with Gasteiger partial charge in [0.05, 0.1) is 0 Å². The summed E-state index contributed by atoms with van der Waals surface area (Å²) in [5.41, 5.74) is 0.943. The molecule has 0 spiro atoms. The summed E-state index contributed by atoms with van der Waals surface area (Å²) in [6.45, 7) is 1.72. The molecule has 0 aliphatic heterocycles. The predicted molar refractivity (Wildman–Crippen MR) is 67.6 cm³/mol. The Kier molecular flexibility index (Phi) is 3.95. The van der Waals surface area contributed by atoms with Gasteiger partial charge in [-0.25, -0.2) is 0 Å². The Hall–Kier alpha value is -1.75. The highest BCUT2D eigenvalue weighted by atomic mass is 19.4. The molecule has 0 fully saturated rings. The largest absolute Gasteiger partial charge is 0.409 e. The molecule has 2 atom stereocenters. The van der Waals surface area contributed by atoms with Gasteiger partial charge in [-0.2, -0.15) is 13.2 Å². The van der Waals surface area contributed by atoms with E-state index in [2.05, 4.69) is 10.3 Å². The number of H-pyrrole nitrogens is 1. The first kappa shape index (κ1) is 13.7. The molecule has 0 saturated heterocycles. The lowest BCUT2D eigenvalue weighted by Gasteiger charge is -2.25. The molecular formula is C14H15F3N2. The van der Waals surface area contributed by atoms with Crippen LogP contribution in [0.2, 0.25) is 0 Å². The van der Waals surface area contributed by atoms with E-state index in [0.717, 1.165) is 5.56 Å². The Labute approximate surface area is 109 Å². The third-order valence-corrected chi connectivity index (χ3v) is 2.98. The van der Waals surface area contributed by atoms with Gasteiger partial charge in [-0.05, 0) is 24.6 Å². The molecule has 0 radical (unpaired) electrons. The van der Waals surface area contributed by atoms with Gasteiger partial charge in [0.25, 0.3) is 0 Å². The molecule has 2 rings (SSSR count). The summed E-state index contributed by atoms with van der Waals surface area (Å²) in [4.78, 5) is 2.62. The normalized spacial score (nSPS) is 15.2. The first-order chi connectivity index (χ1) is 8.98. The minimum absolute atomic E-state index is 0.121. The van der Waals surface area contributed by atoms with E-state index >= 15 is 0 Å². The van der Waals surface area contributed by atoms with Crippen LogP contribution >= 0.6 is 0 Å². The maximum atomic E-state index is 13.1. The van der Waals surface area contributed by atoms with Gasteiger partial charge >= 0.3 is 6.18 Å². The van der Waals surface area contributed by atoms with Gasteiger partial charge in [-0.15, -0.1) is 0 Å². The van der Waals surface area contributed by atoms with E-state index in [4.69, 9.17) is 0 Å². The number of aromatic amines is 1. The number of halogens is 3. The van der Waals surface area contributed by atoms with E-state index in [9.17, 15) is 13.2 Å². The van der Waals surface area contributed by atoms with Gasteiger partial charge in [-0.1, -0.05) is 30.3 Å². The molecule has 0 amide bonds. The monoisotopic (exact) mass is 268 g/mol. The SMILES string of the molecule is C[C@H](NC(c1ccc[nH]1)C(F)(F)F)c1ccccc1. The van der Waals surface area contributed by atoms with Crippen LogP contribution in [0.25, 0.3) is 0 Å². The number of rotatable bonds is 4. The predicted octanol–water partition coefficient (Wildman–Crippen LogP) is 3.97. The average molecular weight is 268 g/mol. The second-order valence-electron chi connectivity index (χ2n) is 4.40. The van der Waals surface area contributed by atoms with Gasteiger partial charge in [0.2, 0.25) is 0 Å². The van der Waals surface area contributed by atoms with Crippen molar-refractivity contribution in [3.8, 4) is 0 Å². The van der Waals surface area contributed by atoms with E-state index < -0.39 is 18.3 Å². The Morgan fingerprint density at radius 2 is 1.74 bits per heavy atom. The summed E-state index contributed by atoms with van der Waals surface area (Å²) in [5, 5.41) is 2.62. The maximum absolute atomic E-state index is 13.1. The van der Waals surface area contributed by atoms with E-state index in [1.54, 1.807) is 25.1 Å². The Morgan fingerprint density at radius 1 is 1.05 bits per heavy atom. The third-order valence-electron chi connectivity index (χ3n) is 2.98. The zero-order chi connectivity index (χ0) is 13.9. The summed E-state index contributed by atoms with van der Waals surface area (Å²) < 4.78 is 39.2. The van der Waals surface area contributed by atoms with Crippen molar-refractivity contribution in [3.05, 3.63) is 59.9 Å². The van der Waals surface area contributed by atoms with Crippen LogP contribution in [-0.4, -0.2) is 11.2 Å². The summed E-state index contributed by atoms with van der Waals surface area (Å²) in [7, 11) is 0. The van der Waals surface area contributed by atoms with E-state index in [1.165, 1.54) is 12.3 Å². The summed E-state index contributed by atoms with van der Waals surface area (Å²) >= 11 is 0. The Morgan fingerprint density at radius 3 is 2.26 bits per heavy atom. The van der Waals surface area contributed by atoms with Gasteiger partial charge < -0.3 is 4.98 Å². The van der Waals surface area contributed by atoms with Crippen LogP contribution < -0.4 is 5.32 Å². The second kappa shape index (κ2) is 5.48. The minimum atomic E-state index is -4.34. The zero-order valence-electron chi connectivity index (χ0n) is 10.4. The third kappa shape index (κ3) is 3.38. The van der Waals surface area contributed by atoms with Crippen molar-refractivity contribution in [2.75, 3.05) is 0 Å². The molecule has 0 bridgehead atoms. The minimum Gasteiger partial charge on any atom is -0.363 e. The molecule has 1 aromatic carbocycles. The molecule has 2 N–H and O–H groups in total. The number of aromatic nitrogens is 1. The van der Waals surface area contributed by atoms with Crippen molar-refractivity contribution in [2.24, 2.45) is 0 Å². The van der Waals surface area contributed by atoms with Crippen LogP contribution in [0.15, 0.2) is 48.7 Å². The van der Waals surface area contributed by atoms with Crippen molar-refractivity contribution >= 4 is 0 Å². The lowest BCUT2D eigenvalue weighted by molar-refractivity contribution is -0.160. The molecule has 2 nitrogen and oxygen atoms in total. The van der Waals surface area contributed by atoms with Crippen LogP contribution in [0, 0.1) is 0 Å². The fourth-order valence-corrected chi connectivity index (χ4v) is 1.97. The molecule has 1 heterocycles. The van der Waals surface area contributed by atoms with Crippen molar-refractivity contribution in [1.82, 2.24) is 10.3 Å². The van der Waals surface area contributed by atoms with Crippen molar-refractivity contribution in [3.63, 3.8) is 0 Å². The molecular weight excluding hydrogens is 253 g/mol. The molecule has 0 aliphatic rings. The Bertz CT molecular complexity index is 491. The van der Waals surface area contributed by atoms with Crippen molar-refractivity contribution < 1.29 is 13.2 Å². The fraction of sp³-hybridized carbons (Fsp3) is 0.286. The highest BCUT2D eigenvalue weighted by Gasteiger charge is 2.42. The molecule has 1 aromatic heterocycles. The van der Waals surface area contributed by atoms with E-state index in [-0.39, 0.29) is 5.69 Å². The topological polar surface area (TPSA) is 27.8 Å². The number of nitrogens with one attached hydrogen (secondary N) is 2. The average Bonchev–Trinajstić information content (AvgIpc) is 2.88. The zero-order valence-corrected chi connectivity index (χ0v) is 10.4. The first-order valence-corrected chi connectivity index (χ1v) is 5.99. The molecule has 1 unspecified atom stereocenters. The van der Waals surface area contributed by atoms with Gasteiger partial charge in [0.15, 0.2) is 0 Å². The fourth-order valence-electron chi connectivity index (χ4n) is 1.97. The highest BCUT2D eigenvalue weighted by Crippen LogP contribution is 2.33. The summed E-state index contributed by atoms with van der Waals surface area (Å²) in [6, 6.07) is 9.97. The summed E-state index contributed by atoms with van der Waals surface area (Å²) in [6.07, 6.45) is -2.85. The number of benzene rings is 1. The lowest BCUT2D eigenvalue weighted by Crippen LogP contribution is -2.36. The molecule has 19 heavy (non-hydrogen) atoms. The molecule has 5 heteroatoms. The van der Waals surface area contributed by atoms with E-state index in [1.807, 2.05) is 18.2 Å². The Balaban J connectivity index is 2.18. The van der Waals surface area contributed by atoms with Crippen LogP contribution in [0.4, 0.5) is 13.2 Å². The van der Waals surface area contributed by atoms with E-state index in [0.29, 0.717) is 0 Å². The number of alkyl halides is 3. The number of hydrogen-bond donors (Lipinski definition) is 2. The van der Waals surface area contributed by atoms with Crippen LogP contribution in [0.5, 0.6) is 0 Å². The maximum Gasteiger partial charge on any atom is 0.409 e. The second-order valence-corrected chi connectivity index (χ2v) is 4.40. The van der Waals surface area contributed by atoms with Crippen LogP contribution in [0.3, 0.4) is 0 Å². The standard InChI is InChI=1S/C14H15F3N2/c1-10(11-6-3-2-4-7-11)19-13(14(15,16)17)12-8-5-9-18-12/h2-10,13,18-19H,1H3/t10-,13?/m0/s1. The highest BCUT2D eigenvalue weighted by molar-refractivity contribution is 5.20. The number of hydrogen-bond acceptors (Lipinski definition) is 1. The molecule has 0 saturated carbocycles. The quantitative estimate of drug-likeness (QED) is 0.862. The smallest absolute Gasteiger partial charge is 0.363 e. The molecule has 0 aliphatic carbocycles. The van der Waals surface area contributed by atoms with Crippen LogP contribution in [-0.2, 0) is 0 Å². The van der Waals surface area contributed by atoms with Gasteiger partial charge in [-0.3, -0.25) is 5.32 Å². The molecule has 102 valence electrons. The van der Waals surface area contributed by atoms with Crippen molar-refractivity contribution in [2.45, 2.75) is 25.2 Å². The molecule has 2 aromatic rings. The first-order valence-electron chi connectivity index (χ1n) is 5.99.